The minimum Gasteiger partial charge on any atom is -0.291 e. The third kappa shape index (κ3) is 3.30. The molecule has 3 heteroatoms. The fourth-order valence-electron chi connectivity index (χ4n) is 6.15. The van der Waals surface area contributed by atoms with Gasteiger partial charge in [0.15, 0.2) is 11.6 Å². The molecule has 3 fully saturated rings. The Kier molecular flexibility index (Phi) is 4.49. The lowest BCUT2D eigenvalue weighted by atomic mass is 9.68. The Morgan fingerprint density at radius 3 is 2.70 bits per heavy atom. The zero-order chi connectivity index (χ0) is 18.4. The quantitative estimate of drug-likeness (QED) is 0.725. The average molecular weight is 363 g/mol. The van der Waals surface area contributed by atoms with E-state index < -0.39 is 0 Å². The molecule has 3 saturated carbocycles. The Bertz CT molecular complexity index is 781. The maximum absolute atomic E-state index is 12.8. The molecule has 5 rings (SSSR count). The van der Waals surface area contributed by atoms with E-state index in [-0.39, 0.29) is 11.8 Å². The van der Waals surface area contributed by atoms with E-state index in [4.69, 9.17) is 9.98 Å². The van der Waals surface area contributed by atoms with Crippen LogP contribution in [0.25, 0.3) is 0 Å². The second-order valence-corrected chi connectivity index (χ2v) is 9.40. The monoisotopic (exact) mass is 362 g/mol. The highest BCUT2D eigenvalue weighted by Crippen LogP contribution is 2.53. The van der Waals surface area contributed by atoms with Gasteiger partial charge in [-0.25, -0.2) is 4.99 Å². The van der Waals surface area contributed by atoms with Gasteiger partial charge >= 0.3 is 0 Å². The van der Waals surface area contributed by atoms with Crippen LogP contribution < -0.4 is 0 Å². The number of amidine groups is 1. The van der Waals surface area contributed by atoms with Gasteiger partial charge in [0.1, 0.15) is 0 Å². The van der Waals surface area contributed by atoms with Crippen molar-refractivity contribution in [3.8, 4) is 0 Å². The standard InChI is InChI=1S/C24H30N2O/c1-15-11-19-12-16(13-20(15)19)14-23(27)24-25-21-9-7-18(8-10-22(21)26-24)17-5-3-2-4-6-17/h2-6,15-16,18-21H,7-14H2,1H3. The molecule has 3 nitrogen and oxygen atoms in total. The minimum atomic E-state index is 0.164. The number of carbonyl (C=O) groups excluding carboxylic acids is 1. The summed E-state index contributed by atoms with van der Waals surface area (Å²) < 4.78 is 0. The predicted octanol–water partition coefficient (Wildman–Crippen LogP) is 5.21. The van der Waals surface area contributed by atoms with E-state index >= 15 is 0 Å². The summed E-state index contributed by atoms with van der Waals surface area (Å²) in [4.78, 5) is 22.3. The molecule has 1 aromatic carbocycles. The van der Waals surface area contributed by atoms with Crippen LogP contribution in [0.3, 0.4) is 0 Å². The van der Waals surface area contributed by atoms with E-state index in [9.17, 15) is 4.79 Å². The molecule has 1 aliphatic heterocycles. The highest BCUT2D eigenvalue weighted by atomic mass is 16.1. The number of rotatable bonds is 4. The normalized spacial score (nSPS) is 37.5. The number of hydrogen-bond acceptors (Lipinski definition) is 3. The topological polar surface area (TPSA) is 41.8 Å². The molecule has 6 atom stereocenters. The summed E-state index contributed by atoms with van der Waals surface area (Å²) in [5.74, 6) is 4.59. The van der Waals surface area contributed by atoms with Gasteiger partial charge in [-0.2, -0.15) is 0 Å². The molecule has 142 valence electrons. The first kappa shape index (κ1) is 17.3. The molecule has 0 spiro atoms. The SMILES string of the molecule is CC1CC2CC(CC(=O)C3=NC4CCC(c5ccccc5)CCC4=N3)CC12. The Morgan fingerprint density at radius 2 is 1.93 bits per heavy atom. The largest absolute Gasteiger partial charge is 0.291 e. The molecule has 0 radical (unpaired) electrons. The number of hydrogen-bond donors (Lipinski definition) is 0. The molecule has 1 aromatic rings. The first-order chi connectivity index (χ1) is 13.2. The van der Waals surface area contributed by atoms with Crippen LogP contribution in [-0.4, -0.2) is 23.4 Å². The van der Waals surface area contributed by atoms with Crippen LogP contribution in [-0.2, 0) is 4.79 Å². The van der Waals surface area contributed by atoms with Crippen LogP contribution in [0, 0.1) is 23.7 Å². The van der Waals surface area contributed by atoms with Gasteiger partial charge in [-0.15, -0.1) is 0 Å². The van der Waals surface area contributed by atoms with Crippen molar-refractivity contribution in [2.45, 2.75) is 70.3 Å². The zero-order valence-electron chi connectivity index (χ0n) is 16.3. The molecule has 0 aromatic heterocycles. The van der Waals surface area contributed by atoms with Gasteiger partial charge in [-0.1, -0.05) is 37.3 Å². The number of fused-ring (bicyclic) bond motifs is 2. The van der Waals surface area contributed by atoms with E-state index in [0.717, 1.165) is 49.1 Å². The lowest BCUT2D eigenvalue weighted by Crippen LogP contribution is -2.29. The molecule has 6 unspecified atom stereocenters. The summed E-state index contributed by atoms with van der Waals surface area (Å²) in [6.07, 6.45) is 8.84. The molecule has 27 heavy (non-hydrogen) atoms. The average Bonchev–Trinajstić information content (AvgIpc) is 3.17. The molecule has 0 amide bonds. The third-order valence-electron chi connectivity index (χ3n) is 7.70. The fourth-order valence-corrected chi connectivity index (χ4v) is 6.15. The number of aliphatic imine (C=N–C) groups is 2. The van der Waals surface area contributed by atoms with Crippen molar-refractivity contribution in [2.75, 3.05) is 0 Å². The molecule has 4 aliphatic rings. The lowest BCUT2D eigenvalue weighted by molar-refractivity contribution is -0.113. The second-order valence-electron chi connectivity index (χ2n) is 9.40. The lowest BCUT2D eigenvalue weighted by Gasteiger charge is -2.37. The molecule has 0 bridgehead atoms. The number of benzene rings is 1. The smallest absolute Gasteiger partial charge is 0.199 e. The van der Waals surface area contributed by atoms with Crippen LogP contribution in [0.5, 0.6) is 0 Å². The van der Waals surface area contributed by atoms with E-state index in [1.54, 1.807) is 0 Å². The van der Waals surface area contributed by atoms with Crippen molar-refractivity contribution in [2.24, 2.45) is 33.7 Å². The minimum absolute atomic E-state index is 0.164. The van der Waals surface area contributed by atoms with Gasteiger partial charge < -0.3 is 0 Å². The maximum Gasteiger partial charge on any atom is 0.199 e. The molecule has 3 aliphatic carbocycles. The highest BCUT2D eigenvalue weighted by molar-refractivity contribution is 6.42. The second kappa shape index (κ2) is 7.00. The van der Waals surface area contributed by atoms with Crippen molar-refractivity contribution in [1.29, 1.82) is 0 Å². The van der Waals surface area contributed by atoms with Crippen LogP contribution in [0.4, 0.5) is 0 Å². The van der Waals surface area contributed by atoms with Crippen LogP contribution in [0.2, 0.25) is 0 Å². The van der Waals surface area contributed by atoms with E-state index in [1.165, 1.54) is 24.8 Å². The highest BCUT2D eigenvalue weighted by Gasteiger charge is 2.45. The van der Waals surface area contributed by atoms with Crippen LogP contribution in [0.1, 0.15) is 69.8 Å². The molecular weight excluding hydrogens is 332 g/mol. The number of carbonyl (C=O) groups is 1. The van der Waals surface area contributed by atoms with Gasteiger partial charge in [0.2, 0.25) is 0 Å². The summed E-state index contributed by atoms with van der Waals surface area (Å²) in [6, 6.07) is 11.0. The van der Waals surface area contributed by atoms with Crippen molar-refractivity contribution >= 4 is 17.3 Å². The maximum atomic E-state index is 12.8. The van der Waals surface area contributed by atoms with Gasteiger partial charge in [0.05, 0.1) is 6.04 Å². The Labute approximate surface area is 162 Å². The van der Waals surface area contributed by atoms with Crippen molar-refractivity contribution in [3.05, 3.63) is 35.9 Å². The Balaban J connectivity index is 1.20. The molecule has 0 saturated heterocycles. The number of Topliss-reactive ketones (excluding diaryl/α,β-unsaturated/α-hetero) is 1. The van der Waals surface area contributed by atoms with E-state index in [0.29, 0.717) is 24.1 Å². The number of ketones is 1. The summed E-state index contributed by atoms with van der Waals surface area (Å²) in [5, 5.41) is 0. The van der Waals surface area contributed by atoms with Crippen LogP contribution in [0.15, 0.2) is 40.3 Å². The van der Waals surface area contributed by atoms with Crippen molar-refractivity contribution < 1.29 is 4.79 Å². The Morgan fingerprint density at radius 1 is 1.07 bits per heavy atom. The Hall–Kier alpha value is -1.77. The van der Waals surface area contributed by atoms with Gasteiger partial charge in [-0.3, -0.25) is 9.79 Å². The summed E-state index contributed by atoms with van der Waals surface area (Å²) in [5.41, 5.74) is 2.60. The summed E-state index contributed by atoms with van der Waals surface area (Å²) in [6.45, 7) is 2.37. The summed E-state index contributed by atoms with van der Waals surface area (Å²) in [7, 11) is 0. The van der Waals surface area contributed by atoms with Crippen molar-refractivity contribution in [3.63, 3.8) is 0 Å². The van der Waals surface area contributed by atoms with Crippen molar-refractivity contribution in [1.82, 2.24) is 0 Å². The molecule has 1 heterocycles. The van der Waals surface area contributed by atoms with Gasteiger partial charge in [0.25, 0.3) is 0 Å². The molecule has 0 N–H and O–H groups in total. The van der Waals surface area contributed by atoms with E-state index in [1.807, 2.05) is 0 Å². The molecular formula is C24H30N2O. The number of nitrogens with zero attached hydrogens (tertiary/aromatic N) is 2. The fraction of sp³-hybridized carbons (Fsp3) is 0.625. The van der Waals surface area contributed by atoms with E-state index in [2.05, 4.69) is 37.3 Å². The van der Waals surface area contributed by atoms with Gasteiger partial charge in [-0.05, 0) is 80.1 Å². The third-order valence-corrected chi connectivity index (χ3v) is 7.70. The first-order valence-corrected chi connectivity index (χ1v) is 10.9. The van der Waals surface area contributed by atoms with Gasteiger partial charge in [0, 0.05) is 12.1 Å². The first-order valence-electron chi connectivity index (χ1n) is 10.9. The zero-order valence-corrected chi connectivity index (χ0v) is 16.3. The van der Waals surface area contributed by atoms with Crippen LogP contribution >= 0.6 is 0 Å². The predicted molar refractivity (Wildman–Crippen MR) is 109 cm³/mol. The summed E-state index contributed by atoms with van der Waals surface area (Å²) >= 11 is 0.